The Bertz CT molecular complexity index is 170. The molecule has 1 saturated heterocycles. The molecule has 0 radical (unpaired) electrons. The summed E-state index contributed by atoms with van der Waals surface area (Å²) in [7, 11) is 0. The molecule has 48 valence electrons. The highest BCUT2D eigenvalue weighted by atomic mass is 19.1. The van der Waals surface area contributed by atoms with Gasteiger partial charge < -0.3 is 4.74 Å². The van der Waals surface area contributed by atoms with Crippen molar-refractivity contribution < 1.29 is 13.9 Å². The van der Waals surface area contributed by atoms with E-state index >= 15 is 0 Å². The van der Waals surface area contributed by atoms with Gasteiger partial charge in [0.05, 0.1) is 0 Å². The van der Waals surface area contributed by atoms with Crippen molar-refractivity contribution in [2.45, 2.75) is 18.7 Å². The van der Waals surface area contributed by atoms with E-state index in [1.54, 1.807) is 0 Å². The van der Waals surface area contributed by atoms with Crippen LogP contribution in [0.1, 0.15) is 6.42 Å². The van der Waals surface area contributed by atoms with Gasteiger partial charge in [-0.25, -0.2) is 9.18 Å². The second-order valence-electron chi connectivity index (χ2n) is 1.80. The van der Waals surface area contributed by atoms with Crippen molar-refractivity contribution in [1.29, 1.82) is 0 Å². The number of rotatable bonds is 0. The highest BCUT2D eigenvalue weighted by molar-refractivity contribution is 5.77. The van der Waals surface area contributed by atoms with Crippen molar-refractivity contribution >= 4 is 5.97 Å². The molecule has 0 aromatic carbocycles. The fourth-order valence-corrected chi connectivity index (χ4v) is 0.648. The number of alkyl halides is 1. The molecule has 3 heteroatoms. The van der Waals surface area contributed by atoms with Gasteiger partial charge in [-0.1, -0.05) is 5.92 Å². The van der Waals surface area contributed by atoms with Crippen LogP contribution < -0.4 is 0 Å². The van der Waals surface area contributed by atoms with Gasteiger partial charge in [-0.2, -0.15) is 0 Å². The highest BCUT2D eigenvalue weighted by Crippen LogP contribution is 2.16. The molecule has 2 atom stereocenters. The van der Waals surface area contributed by atoms with Crippen molar-refractivity contribution in [1.82, 2.24) is 0 Å². The summed E-state index contributed by atoms with van der Waals surface area (Å²) in [4.78, 5) is 10.3. The van der Waals surface area contributed by atoms with Crippen molar-refractivity contribution in [3.63, 3.8) is 0 Å². The average Bonchev–Trinajstić information content (AvgIpc) is 2.13. The Morgan fingerprint density at radius 3 is 2.78 bits per heavy atom. The molecule has 0 amide bonds. The molecule has 2 unspecified atom stereocenters. The predicted octanol–water partition coefficient (Wildman–Crippen LogP) is 0.273. The van der Waals surface area contributed by atoms with E-state index in [0.717, 1.165) is 0 Å². The summed E-state index contributed by atoms with van der Waals surface area (Å²) in [6.07, 6.45) is 2.72. The van der Waals surface area contributed by atoms with E-state index in [-0.39, 0.29) is 6.42 Å². The molecule has 1 aliphatic heterocycles. The molecule has 9 heavy (non-hydrogen) atoms. The fourth-order valence-electron chi connectivity index (χ4n) is 0.648. The second-order valence-corrected chi connectivity index (χ2v) is 1.80. The Balaban J connectivity index is 2.57. The maximum absolute atomic E-state index is 12.2. The third-order valence-corrected chi connectivity index (χ3v) is 1.12. The number of ether oxygens (including phenoxy) is 1. The van der Waals surface area contributed by atoms with Crippen molar-refractivity contribution in [2.24, 2.45) is 0 Å². The molecule has 0 aromatic heterocycles. The zero-order chi connectivity index (χ0) is 6.85. The molecule has 0 spiro atoms. The quantitative estimate of drug-likeness (QED) is 0.346. The first-order valence-corrected chi connectivity index (χ1v) is 2.54. The van der Waals surface area contributed by atoms with Crippen molar-refractivity contribution in [3.8, 4) is 12.3 Å². The van der Waals surface area contributed by atoms with Crippen LogP contribution in [0.2, 0.25) is 0 Å². The first-order valence-electron chi connectivity index (χ1n) is 2.54. The molecule has 1 aliphatic rings. The van der Waals surface area contributed by atoms with E-state index in [4.69, 9.17) is 6.42 Å². The minimum atomic E-state index is -1.51. The van der Waals surface area contributed by atoms with Gasteiger partial charge in [0, 0.05) is 6.42 Å². The van der Waals surface area contributed by atoms with E-state index in [1.165, 1.54) is 0 Å². The van der Waals surface area contributed by atoms with Gasteiger partial charge in [0.2, 0.25) is 6.17 Å². The minimum Gasteiger partial charge on any atom is -0.447 e. The lowest BCUT2D eigenvalue weighted by Gasteiger charge is -1.94. The van der Waals surface area contributed by atoms with E-state index in [0.29, 0.717) is 0 Å². The molecule has 2 nitrogen and oxygen atoms in total. The Morgan fingerprint density at radius 2 is 2.56 bits per heavy atom. The van der Waals surface area contributed by atoms with Crippen LogP contribution in [-0.2, 0) is 9.53 Å². The zero-order valence-corrected chi connectivity index (χ0v) is 4.63. The Morgan fingerprint density at radius 1 is 1.89 bits per heavy atom. The Hall–Kier alpha value is -1.04. The van der Waals surface area contributed by atoms with Gasteiger partial charge in [-0.3, -0.25) is 0 Å². The van der Waals surface area contributed by atoms with Gasteiger partial charge >= 0.3 is 5.97 Å². The summed E-state index contributed by atoms with van der Waals surface area (Å²) in [6, 6.07) is 0. The number of carbonyl (C=O) groups excluding carboxylic acids is 1. The first-order chi connectivity index (χ1) is 4.24. The smallest absolute Gasteiger partial charge is 0.342 e. The minimum absolute atomic E-state index is 0.00926. The molecule has 1 fully saturated rings. The lowest BCUT2D eigenvalue weighted by atomic mass is 10.2. The van der Waals surface area contributed by atoms with E-state index < -0.39 is 18.2 Å². The summed E-state index contributed by atoms with van der Waals surface area (Å²) >= 11 is 0. The largest absolute Gasteiger partial charge is 0.447 e. The van der Waals surface area contributed by atoms with Crippen LogP contribution in [-0.4, -0.2) is 18.2 Å². The summed E-state index contributed by atoms with van der Waals surface area (Å²) in [6.45, 7) is 0. The van der Waals surface area contributed by atoms with Gasteiger partial charge in [0.1, 0.15) is 0 Å². The van der Waals surface area contributed by atoms with Crippen LogP contribution in [0.4, 0.5) is 4.39 Å². The molecule has 0 N–H and O–H groups in total. The summed E-state index contributed by atoms with van der Waals surface area (Å²) in [5.41, 5.74) is 0. The summed E-state index contributed by atoms with van der Waals surface area (Å²) in [5, 5.41) is 0. The lowest BCUT2D eigenvalue weighted by Crippen LogP contribution is -2.06. The average molecular weight is 128 g/mol. The van der Waals surface area contributed by atoms with E-state index in [9.17, 15) is 9.18 Å². The Kier molecular flexibility index (Phi) is 1.39. The highest BCUT2D eigenvalue weighted by Gasteiger charge is 2.32. The number of halogens is 1. The number of terminal acetylenes is 1. The maximum Gasteiger partial charge on any atom is 0.342 e. The number of carbonyl (C=O) groups is 1. The number of hydrogen-bond donors (Lipinski definition) is 0. The number of hydrogen-bond acceptors (Lipinski definition) is 2. The van der Waals surface area contributed by atoms with Crippen LogP contribution >= 0.6 is 0 Å². The van der Waals surface area contributed by atoms with Crippen LogP contribution in [0.25, 0.3) is 0 Å². The standard InChI is InChI=1S/C6H5FO2/c1-2-4-3-5(7)6(8)9-4/h1,4-5H,3H2. The van der Waals surface area contributed by atoms with Crippen LogP contribution in [0.15, 0.2) is 0 Å². The van der Waals surface area contributed by atoms with Gasteiger partial charge in [0.15, 0.2) is 6.10 Å². The first kappa shape index (κ1) is 6.09. The van der Waals surface area contributed by atoms with Crippen LogP contribution in [0.3, 0.4) is 0 Å². The SMILES string of the molecule is C#CC1CC(F)C(=O)O1. The van der Waals surface area contributed by atoms with Crippen LogP contribution in [0.5, 0.6) is 0 Å². The Labute approximate surface area is 52.0 Å². The summed E-state index contributed by atoms with van der Waals surface area (Å²) in [5.74, 6) is 1.31. The topological polar surface area (TPSA) is 26.3 Å². The fraction of sp³-hybridized carbons (Fsp3) is 0.500. The molecule has 1 heterocycles. The molecule has 0 saturated carbocycles. The van der Waals surface area contributed by atoms with Crippen LogP contribution in [0, 0.1) is 12.3 Å². The number of esters is 1. The third kappa shape index (κ3) is 1.02. The number of cyclic esters (lactones) is 1. The lowest BCUT2D eigenvalue weighted by molar-refractivity contribution is -0.143. The molecule has 0 aliphatic carbocycles. The molecule has 0 aromatic rings. The molecule has 0 bridgehead atoms. The van der Waals surface area contributed by atoms with E-state index in [2.05, 4.69) is 10.7 Å². The molecule has 1 rings (SSSR count). The molecular weight excluding hydrogens is 123 g/mol. The third-order valence-electron chi connectivity index (χ3n) is 1.12. The van der Waals surface area contributed by atoms with Crippen molar-refractivity contribution in [2.75, 3.05) is 0 Å². The van der Waals surface area contributed by atoms with E-state index in [1.807, 2.05) is 0 Å². The maximum atomic E-state index is 12.2. The zero-order valence-electron chi connectivity index (χ0n) is 4.63. The van der Waals surface area contributed by atoms with Gasteiger partial charge in [-0.15, -0.1) is 6.42 Å². The monoisotopic (exact) mass is 128 g/mol. The van der Waals surface area contributed by atoms with Crippen molar-refractivity contribution in [3.05, 3.63) is 0 Å². The predicted molar refractivity (Wildman–Crippen MR) is 28.2 cm³/mol. The van der Waals surface area contributed by atoms with Gasteiger partial charge in [0.25, 0.3) is 0 Å². The van der Waals surface area contributed by atoms with Gasteiger partial charge in [-0.05, 0) is 0 Å². The normalized spacial score (nSPS) is 33.6. The molecular formula is C6H5FO2. The summed E-state index contributed by atoms with van der Waals surface area (Å²) < 4.78 is 16.6. The second kappa shape index (κ2) is 2.06.